The van der Waals surface area contributed by atoms with E-state index in [2.05, 4.69) is 6.58 Å². The van der Waals surface area contributed by atoms with Crippen LogP contribution >= 0.6 is 0 Å². The molecule has 2 heterocycles. The largest absolute Gasteiger partial charge is 0.496 e. The Bertz CT molecular complexity index is 1500. The number of aryl methyl sites for hydroxylation is 2. The molecule has 1 atom stereocenters. The minimum atomic E-state index is -0.963. The third-order valence-corrected chi connectivity index (χ3v) is 5.82. The van der Waals surface area contributed by atoms with Gasteiger partial charge in [0.05, 0.1) is 44.5 Å². The average Bonchev–Trinajstić information content (AvgIpc) is 2.87. The van der Waals surface area contributed by atoms with E-state index in [-0.39, 0.29) is 24.3 Å². The summed E-state index contributed by atoms with van der Waals surface area (Å²) in [4.78, 5) is 24.0. The highest BCUT2D eigenvalue weighted by molar-refractivity contribution is 5.86. The Morgan fingerprint density at radius 2 is 1.33 bits per heavy atom. The summed E-state index contributed by atoms with van der Waals surface area (Å²) in [6.07, 6.45) is 0.755. The molecular weight excluding hydrogens is 460 g/mol. The smallest absolute Gasteiger partial charge is 0.255 e. The third kappa shape index (κ3) is 5.67. The molecule has 0 aliphatic rings. The van der Waals surface area contributed by atoms with Gasteiger partial charge in [-0.2, -0.15) is 0 Å². The number of aliphatic hydroxyl groups excluding tert-OH is 2. The van der Waals surface area contributed by atoms with Gasteiger partial charge in [-0.3, -0.25) is 9.59 Å². The molecule has 8 nitrogen and oxygen atoms in total. The minimum absolute atomic E-state index is 0.0548. The van der Waals surface area contributed by atoms with Crippen LogP contribution in [0.3, 0.4) is 0 Å². The summed E-state index contributed by atoms with van der Waals surface area (Å²) in [5.41, 5.74) is 3.36. The zero-order chi connectivity index (χ0) is 26.4. The number of benzene rings is 2. The second kappa shape index (κ2) is 11.7. The highest BCUT2D eigenvalue weighted by Crippen LogP contribution is 2.25. The molecule has 0 aliphatic carbocycles. The van der Waals surface area contributed by atoms with Crippen molar-refractivity contribution in [1.82, 2.24) is 9.13 Å². The molecule has 0 saturated carbocycles. The predicted octanol–water partition coefficient (Wildman–Crippen LogP) is 3.18. The first-order valence-electron chi connectivity index (χ1n) is 11.5. The third-order valence-electron chi connectivity index (χ3n) is 5.82. The van der Waals surface area contributed by atoms with Gasteiger partial charge < -0.3 is 28.8 Å². The van der Waals surface area contributed by atoms with Crippen LogP contribution in [0.15, 0.2) is 70.8 Å². The SMILES string of the molecule is C=CCn1c(=O)cc(OC)c2ccc(C)cc21.COc1cc(=O)n(CC(O)CO)c2cc(C)ccc12. The number of nitrogens with zero attached hydrogens (tertiary/aromatic N) is 2. The van der Waals surface area contributed by atoms with Gasteiger partial charge in [-0.05, 0) is 49.2 Å². The number of hydrogen-bond acceptors (Lipinski definition) is 6. The molecule has 0 radical (unpaired) electrons. The molecule has 0 amide bonds. The van der Waals surface area contributed by atoms with Gasteiger partial charge in [0.15, 0.2) is 0 Å². The number of fused-ring (bicyclic) bond motifs is 2. The van der Waals surface area contributed by atoms with Crippen LogP contribution in [0.25, 0.3) is 21.8 Å². The second-order valence-corrected chi connectivity index (χ2v) is 8.49. The van der Waals surface area contributed by atoms with Crippen molar-refractivity contribution in [1.29, 1.82) is 0 Å². The number of methoxy groups -OCH3 is 2. The second-order valence-electron chi connectivity index (χ2n) is 8.49. The minimum Gasteiger partial charge on any atom is -0.496 e. The quantitative estimate of drug-likeness (QED) is 0.384. The zero-order valence-corrected chi connectivity index (χ0v) is 21.0. The first-order valence-corrected chi connectivity index (χ1v) is 11.5. The van der Waals surface area contributed by atoms with Crippen LogP contribution in [0.4, 0.5) is 0 Å². The summed E-state index contributed by atoms with van der Waals surface area (Å²) in [7, 11) is 3.09. The maximum absolute atomic E-state index is 12.1. The van der Waals surface area contributed by atoms with Crippen LogP contribution in [0, 0.1) is 13.8 Å². The Hall–Kier alpha value is -3.88. The van der Waals surface area contributed by atoms with Crippen LogP contribution in [0.5, 0.6) is 11.5 Å². The van der Waals surface area contributed by atoms with Crippen LogP contribution in [0.1, 0.15) is 11.1 Å². The van der Waals surface area contributed by atoms with E-state index in [1.54, 1.807) is 17.8 Å². The van der Waals surface area contributed by atoms with Gasteiger partial charge in [-0.15, -0.1) is 6.58 Å². The molecule has 0 aliphatic heterocycles. The van der Waals surface area contributed by atoms with E-state index in [0.717, 1.165) is 27.4 Å². The number of rotatable bonds is 7. The summed E-state index contributed by atoms with van der Waals surface area (Å²) in [5, 5.41) is 20.2. The molecule has 0 saturated heterocycles. The Morgan fingerprint density at radius 3 is 1.78 bits per heavy atom. The Morgan fingerprint density at radius 1 is 0.861 bits per heavy atom. The van der Waals surface area contributed by atoms with Crippen molar-refractivity contribution in [2.24, 2.45) is 0 Å². The van der Waals surface area contributed by atoms with Gasteiger partial charge in [-0.1, -0.05) is 18.2 Å². The van der Waals surface area contributed by atoms with Crippen molar-refractivity contribution in [3.8, 4) is 11.5 Å². The Labute approximate surface area is 209 Å². The summed E-state index contributed by atoms with van der Waals surface area (Å²) in [6.45, 7) is 7.78. The standard InChI is InChI=1S/C14H17NO4.C14H15NO2/c1-9-3-4-11-12(5-9)15(7-10(17)8-16)14(18)6-13(11)19-2;1-4-7-15-12-8-10(2)5-6-11(12)13(17-3)9-14(15)16/h3-6,10,16-17H,7-8H2,1-2H3;4-6,8-9H,1,7H2,2-3H3. The van der Waals surface area contributed by atoms with Crippen molar-refractivity contribution < 1.29 is 19.7 Å². The van der Waals surface area contributed by atoms with Gasteiger partial charge >= 0.3 is 0 Å². The molecule has 36 heavy (non-hydrogen) atoms. The van der Waals surface area contributed by atoms with Crippen LogP contribution in [-0.2, 0) is 13.1 Å². The molecule has 1 unspecified atom stereocenters. The Balaban J connectivity index is 0.000000202. The molecule has 190 valence electrons. The molecule has 0 spiro atoms. The van der Waals surface area contributed by atoms with E-state index in [4.69, 9.17) is 14.6 Å². The number of hydrogen-bond donors (Lipinski definition) is 2. The van der Waals surface area contributed by atoms with E-state index in [9.17, 15) is 14.7 Å². The summed E-state index contributed by atoms with van der Waals surface area (Å²) < 4.78 is 13.6. The van der Waals surface area contributed by atoms with E-state index in [1.165, 1.54) is 23.8 Å². The first kappa shape index (κ1) is 26.7. The lowest BCUT2D eigenvalue weighted by molar-refractivity contribution is 0.0814. The molecule has 2 aromatic heterocycles. The summed E-state index contributed by atoms with van der Waals surface area (Å²) in [6, 6.07) is 14.6. The molecular formula is C28H32N2O6. The topological polar surface area (TPSA) is 103 Å². The van der Waals surface area contributed by atoms with E-state index in [1.807, 2.05) is 50.2 Å². The number of pyridine rings is 2. The number of aliphatic hydroxyl groups is 2. The van der Waals surface area contributed by atoms with Gasteiger partial charge in [0.1, 0.15) is 11.5 Å². The predicted molar refractivity (Wildman–Crippen MR) is 142 cm³/mol. The van der Waals surface area contributed by atoms with Crippen molar-refractivity contribution in [2.45, 2.75) is 33.0 Å². The Kier molecular flexibility index (Phi) is 8.68. The molecule has 2 N–H and O–H groups in total. The van der Waals surface area contributed by atoms with E-state index in [0.29, 0.717) is 23.6 Å². The van der Waals surface area contributed by atoms with Crippen molar-refractivity contribution >= 4 is 21.8 Å². The van der Waals surface area contributed by atoms with Crippen molar-refractivity contribution in [3.63, 3.8) is 0 Å². The van der Waals surface area contributed by atoms with Gasteiger partial charge in [-0.25, -0.2) is 0 Å². The number of aromatic nitrogens is 2. The fourth-order valence-corrected chi connectivity index (χ4v) is 4.03. The number of ether oxygens (including phenoxy) is 2. The highest BCUT2D eigenvalue weighted by Gasteiger charge is 2.12. The lowest BCUT2D eigenvalue weighted by Gasteiger charge is -2.15. The zero-order valence-electron chi connectivity index (χ0n) is 21.0. The molecule has 8 heteroatoms. The van der Waals surface area contributed by atoms with Crippen LogP contribution in [0.2, 0.25) is 0 Å². The van der Waals surface area contributed by atoms with Gasteiger partial charge in [0.2, 0.25) is 0 Å². The first-order chi connectivity index (χ1) is 17.2. The van der Waals surface area contributed by atoms with E-state index >= 15 is 0 Å². The summed E-state index contributed by atoms with van der Waals surface area (Å²) >= 11 is 0. The fraction of sp³-hybridized carbons (Fsp3) is 0.286. The van der Waals surface area contributed by atoms with Crippen LogP contribution < -0.4 is 20.6 Å². The fourth-order valence-electron chi connectivity index (χ4n) is 4.03. The summed E-state index contributed by atoms with van der Waals surface area (Å²) in [5.74, 6) is 1.13. The molecule has 0 bridgehead atoms. The lowest BCUT2D eigenvalue weighted by atomic mass is 10.1. The number of allylic oxidation sites excluding steroid dienone is 1. The average molecular weight is 493 g/mol. The monoisotopic (exact) mass is 492 g/mol. The van der Waals surface area contributed by atoms with Gasteiger partial charge in [0, 0.05) is 29.4 Å². The highest BCUT2D eigenvalue weighted by atomic mass is 16.5. The maximum Gasteiger partial charge on any atom is 0.255 e. The van der Waals surface area contributed by atoms with E-state index < -0.39 is 6.10 Å². The van der Waals surface area contributed by atoms with Gasteiger partial charge in [0.25, 0.3) is 11.1 Å². The van der Waals surface area contributed by atoms with Crippen molar-refractivity contribution in [2.75, 3.05) is 20.8 Å². The molecule has 4 rings (SSSR count). The maximum atomic E-state index is 12.1. The molecule has 0 fully saturated rings. The molecule has 4 aromatic rings. The molecule has 2 aromatic carbocycles. The normalized spacial score (nSPS) is 11.6. The van der Waals surface area contributed by atoms with Crippen LogP contribution in [-0.4, -0.2) is 46.3 Å². The lowest BCUT2D eigenvalue weighted by Crippen LogP contribution is -2.28. The van der Waals surface area contributed by atoms with Crippen molar-refractivity contribution in [3.05, 3.63) is 93.0 Å².